The standard InChI is InChI=1S/C17H16N2O4/c1-2-22-13-5-3-12(4-6-13)18-16(20)11-19-9-7-15-14(17(19)21)8-10-23-15/h3-10H,2,11H2,1H3,(H,18,20). The zero-order valence-corrected chi connectivity index (χ0v) is 12.6. The molecule has 23 heavy (non-hydrogen) atoms. The van der Waals surface area contributed by atoms with E-state index in [9.17, 15) is 9.59 Å². The fraction of sp³-hybridized carbons (Fsp3) is 0.176. The van der Waals surface area contributed by atoms with Crippen LogP contribution in [0.15, 0.2) is 58.1 Å². The number of hydrogen-bond donors (Lipinski definition) is 1. The molecule has 1 amide bonds. The van der Waals surface area contributed by atoms with Crippen LogP contribution in [0.25, 0.3) is 11.0 Å². The summed E-state index contributed by atoms with van der Waals surface area (Å²) >= 11 is 0. The Balaban J connectivity index is 1.70. The minimum atomic E-state index is -0.279. The number of fused-ring (bicyclic) bond motifs is 1. The minimum Gasteiger partial charge on any atom is -0.494 e. The van der Waals surface area contributed by atoms with Crippen LogP contribution in [0.1, 0.15) is 6.92 Å². The van der Waals surface area contributed by atoms with E-state index in [1.165, 1.54) is 10.8 Å². The lowest BCUT2D eigenvalue weighted by molar-refractivity contribution is -0.116. The largest absolute Gasteiger partial charge is 0.494 e. The number of ether oxygens (including phenoxy) is 1. The molecule has 0 bridgehead atoms. The zero-order chi connectivity index (χ0) is 16.2. The molecule has 0 saturated heterocycles. The predicted molar refractivity (Wildman–Crippen MR) is 86.7 cm³/mol. The molecule has 6 nitrogen and oxygen atoms in total. The van der Waals surface area contributed by atoms with Gasteiger partial charge in [-0.05, 0) is 43.3 Å². The van der Waals surface area contributed by atoms with Crippen LogP contribution >= 0.6 is 0 Å². The third-order valence-electron chi connectivity index (χ3n) is 3.36. The molecule has 2 heterocycles. The summed E-state index contributed by atoms with van der Waals surface area (Å²) in [6.07, 6.45) is 3.00. The Morgan fingerprint density at radius 1 is 1.22 bits per heavy atom. The molecule has 0 saturated carbocycles. The second kappa shape index (κ2) is 6.39. The monoisotopic (exact) mass is 312 g/mol. The maximum Gasteiger partial charge on any atom is 0.262 e. The van der Waals surface area contributed by atoms with Crippen LogP contribution < -0.4 is 15.6 Å². The number of carbonyl (C=O) groups is 1. The summed E-state index contributed by atoms with van der Waals surface area (Å²) in [7, 11) is 0. The molecule has 0 aliphatic heterocycles. The van der Waals surface area contributed by atoms with E-state index in [0.717, 1.165) is 5.75 Å². The van der Waals surface area contributed by atoms with Gasteiger partial charge >= 0.3 is 0 Å². The summed E-state index contributed by atoms with van der Waals surface area (Å²) in [5.41, 5.74) is 0.909. The van der Waals surface area contributed by atoms with Crippen molar-refractivity contribution in [1.82, 2.24) is 4.57 Å². The number of aromatic nitrogens is 1. The highest BCUT2D eigenvalue weighted by Gasteiger charge is 2.09. The van der Waals surface area contributed by atoms with Crippen molar-refractivity contribution >= 4 is 22.6 Å². The second-order valence-corrected chi connectivity index (χ2v) is 4.95. The van der Waals surface area contributed by atoms with Gasteiger partial charge in [-0.2, -0.15) is 0 Å². The summed E-state index contributed by atoms with van der Waals surface area (Å²) in [5, 5.41) is 3.21. The first-order chi connectivity index (χ1) is 11.2. The predicted octanol–water partition coefficient (Wildman–Crippen LogP) is 2.63. The van der Waals surface area contributed by atoms with Gasteiger partial charge in [-0.1, -0.05) is 0 Å². The smallest absolute Gasteiger partial charge is 0.262 e. The van der Waals surface area contributed by atoms with Gasteiger partial charge in [-0.25, -0.2) is 0 Å². The number of nitrogens with one attached hydrogen (secondary N) is 1. The summed E-state index contributed by atoms with van der Waals surface area (Å²) < 4.78 is 11.9. The molecule has 0 fully saturated rings. The first-order valence-electron chi connectivity index (χ1n) is 7.26. The molecule has 0 spiro atoms. The summed E-state index contributed by atoms with van der Waals surface area (Å²) in [5.74, 6) is 0.464. The zero-order valence-electron chi connectivity index (χ0n) is 12.6. The topological polar surface area (TPSA) is 73.5 Å². The first-order valence-corrected chi connectivity index (χ1v) is 7.26. The van der Waals surface area contributed by atoms with Crippen LogP contribution in [-0.2, 0) is 11.3 Å². The molecule has 6 heteroatoms. The molecular weight excluding hydrogens is 296 g/mol. The normalized spacial score (nSPS) is 10.7. The van der Waals surface area contributed by atoms with Crippen molar-refractivity contribution < 1.29 is 13.9 Å². The van der Waals surface area contributed by atoms with Gasteiger partial charge in [0.2, 0.25) is 5.91 Å². The number of furan rings is 1. The highest BCUT2D eigenvalue weighted by molar-refractivity contribution is 5.90. The van der Waals surface area contributed by atoms with E-state index in [4.69, 9.17) is 9.15 Å². The van der Waals surface area contributed by atoms with E-state index in [2.05, 4.69) is 5.32 Å². The van der Waals surface area contributed by atoms with Crippen LogP contribution in [0, 0.1) is 0 Å². The van der Waals surface area contributed by atoms with Crippen molar-refractivity contribution in [3.8, 4) is 5.75 Å². The third kappa shape index (κ3) is 3.26. The second-order valence-electron chi connectivity index (χ2n) is 4.95. The fourth-order valence-electron chi connectivity index (χ4n) is 2.29. The van der Waals surface area contributed by atoms with E-state index >= 15 is 0 Å². The van der Waals surface area contributed by atoms with Crippen LogP contribution in [0.5, 0.6) is 5.75 Å². The molecular formula is C17H16N2O4. The third-order valence-corrected chi connectivity index (χ3v) is 3.36. The molecule has 2 aromatic heterocycles. The molecule has 0 radical (unpaired) electrons. The van der Waals surface area contributed by atoms with Gasteiger partial charge in [-0.15, -0.1) is 0 Å². The summed E-state index contributed by atoms with van der Waals surface area (Å²) in [6.45, 7) is 2.43. The fourth-order valence-corrected chi connectivity index (χ4v) is 2.29. The molecule has 0 aliphatic rings. The van der Waals surface area contributed by atoms with Gasteiger partial charge < -0.3 is 19.0 Å². The average Bonchev–Trinajstić information content (AvgIpc) is 3.02. The number of carbonyl (C=O) groups excluding carboxylic acids is 1. The lowest BCUT2D eigenvalue weighted by Gasteiger charge is -2.08. The maximum atomic E-state index is 12.2. The maximum absolute atomic E-state index is 12.2. The number of amides is 1. The SMILES string of the molecule is CCOc1ccc(NC(=O)Cn2ccc3occc3c2=O)cc1. The summed E-state index contributed by atoms with van der Waals surface area (Å²) in [4.78, 5) is 24.3. The van der Waals surface area contributed by atoms with E-state index < -0.39 is 0 Å². The Morgan fingerprint density at radius 3 is 2.74 bits per heavy atom. The number of nitrogens with zero attached hydrogens (tertiary/aromatic N) is 1. The van der Waals surface area contributed by atoms with E-state index in [1.54, 1.807) is 42.6 Å². The van der Waals surface area contributed by atoms with Crippen LogP contribution in [-0.4, -0.2) is 17.1 Å². The van der Waals surface area contributed by atoms with Gasteiger partial charge in [0.1, 0.15) is 17.9 Å². The highest BCUT2D eigenvalue weighted by atomic mass is 16.5. The van der Waals surface area contributed by atoms with Crippen LogP contribution in [0.2, 0.25) is 0 Å². The lowest BCUT2D eigenvalue weighted by atomic mass is 10.3. The molecule has 0 aliphatic carbocycles. The van der Waals surface area contributed by atoms with Crippen molar-refractivity contribution in [3.63, 3.8) is 0 Å². The Labute approximate surface area is 132 Å². The Bertz CT molecular complexity index is 877. The van der Waals surface area contributed by atoms with Crippen molar-refractivity contribution in [1.29, 1.82) is 0 Å². The van der Waals surface area contributed by atoms with Crippen molar-refractivity contribution in [2.45, 2.75) is 13.5 Å². The number of hydrogen-bond acceptors (Lipinski definition) is 4. The number of rotatable bonds is 5. The van der Waals surface area contributed by atoms with Gasteiger partial charge in [0.15, 0.2) is 0 Å². The quantitative estimate of drug-likeness (QED) is 0.786. The number of benzene rings is 1. The minimum absolute atomic E-state index is 0.0623. The molecule has 118 valence electrons. The number of anilines is 1. The molecule has 3 aromatic rings. The van der Waals surface area contributed by atoms with E-state index in [-0.39, 0.29) is 18.0 Å². The Morgan fingerprint density at radius 2 is 2.00 bits per heavy atom. The van der Waals surface area contributed by atoms with Crippen molar-refractivity contribution in [3.05, 3.63) is 59.2 Å². The van der Waals surface area contributed by atoms with Gasteiger partial charge in [-0.3, -0.25) is 9.59 Å². The molecule has 0 atom stereocenters. The molecule has 1 aromatic carbocycles. The van der Waals surface area contributed by atoms with Crippen molar-refractivity contribution in [2.24, 2.45) is 0 Å². The molecule has 1 N–H and O–H groups in total. The highest BCUT2D eigenvalue weighted by Crippen LogP contribution is 2.15. The van der Waals surface area contributed by atoms with Gasteiger partial charge in [0.25, 0.3) is 5.56 Å². The Kier molecular flexibility index (Phi) is 4.14. The Hall–Kier alpha value is -3.02. The lowest BCUT2D eigenvalue weighted by Crippen LogP contribution is -2.27. The van der Waals surface area contributed by atoms with Gasteiger partial charge in [0.05, 0.1) is 18.3 Å². The van der Waals surface area contributed by atoms with Gasteiger partial charge in [0, 0.05) is 11.9 Å². The average molecular weight is 312 g/mol. The van der Waals surface area contributed by atoms with E-state index in [0.29, 0.717) is 23.3 Å². The van der Waals surface area contributed by atoms with Crippen LogP contribution in [0.4, 0.5) is 5.69 Å². The molecule has 3 rings (SSSR count). The van der Waals surface area contributed by atoms with Crippen molar-refractivity contribution in [2.75, 3.05) is 11.9 Å². The summed E-state index contributed by atoms with van der Waals surface area (Å²) in [6, 6.07) is 10.3. The van der Waals surface area contributed by atoms with Crippen LogP contribution in [0.3, 0.4) is 0 Å². The van der Waals surface area contributed by atoms with E-state index in [1.807, 2.05) is 6.92 Å². The molecule has 0 unspecified atom stereocenters. The first kappa shape index (κ1) is 14.9. The number of pyridine rings is 1.